The molecule has 2 amide bonds. The Labute approximate surface area is 121 Å². The monoisotopic (exact) mass is 282 g/mol. The van der Waals surface area contributed by atoms with Crippen LogP contribution in [0.2, 0.25) is 0 Å². The number of piperazine rings is 1. The normalized spacial score (nSPS) is 15.4. The third-order valence-electron chi connectivity index (χ3n) is 3.21. The molecule has 0 spiro atoms. The van der Waals surface area contributed by atoms with Crippen LogP contribution in [0.5, 0.6) is 0 Å². The lowest BCUT2D eigenvalue weighted by Crippen LogP contribution is -2.49. The van der Waals surface area contributed by atoms with E-state index in [1.54, 1.807) is 12.3 Å². The molecule has 2 heterocycles. The van der Waals surface area contributed by atoms with Gasteiger partial charge in [-0.25, -0.2) is 4.98 Å². The Bertz CT molecular complexity index is 726. The van der Waals surface area contributed by atoms with Gasteiger partial charge in [0, 0.05) is 19.2 Å². The van der Waals surface area contributed by atoms with Crippen LogP contribution in [0.4, 0.5) is 0 Å². The summed E-state index contributed by atoms with van der Waals surface area (Å²) < 4.78 is 0. The number of carbonyl (C=O) groups is 2. The van der Waals surface area contributed by atoms with Crippen molar-refractivity contribution in [3.63, 3.8) is 0 Å². The van der Waals surface area contributed by atoms with Gasteiger partial charge in [0.1, 0.15) is 0 Å². The van der Waals surface area contributed by atoms with Crippen LogP contribution in [0.25, 0.3) is 17.1 Å². The first-order valence-corrected chi connectivity index (χ1v) is 6.68. The van der Waals surface area contributed by atoms with Crippen molar-refractivity contribution in [1.82, 2.24) is 20.2 Å². The smallest absolute Gasteiger partial charge is 0.247 e. The van der Waals surface area contributed by atoms with Crippen molar-refractivity contribution in [3.8, 4) is 0 Å². The molecule has 0 unspecified atom stereocenters. The fraction of sp³-hybridized carbons (Fsp3) is 0.200. The Balaban J connectivity index is 1.74. The molecule has 3 rings (SSSR count). The molecule has 1 saturated heterocycles. The van der Waals surface area contributed by atoms with Gasteiger partial charge in [0.25, 0.3) is 0 Å². The molecule has 1 N–H and O–H groups in total. The van der Waals surface area contributed by atoms with Gasteiger partial charge in [-0.05, 0) is 18.2 Å². The van der Waals surface area contributed by atoms with Crippen molar-refractivity contribution in [3.05, 3.63) is 42.2 Å². The highest BCUT2D eigenvalue weighted by Crippen LogP contribution is 2.09. The van der Waals surface area contributed by atoms with E-state index in [4.69, 9.17) is 0 Å². The van der Waals surface area contributed by atoms with Gasteiger partial charge < -0.3 is 10.2 Å². The molecule has 0 bridgehead atoms. The van der Waals surface area contributed by atoms with E-state index in [2.05, 4.69) is 15.3 Å². The van der Waals surface area contributed by atoms with E-state index in [1.807, 2.05) is 24.3 Å². The second-order valence-corrected chi connectivity index (χ2v) is 4.73. The molecule has 2 aromatic rings. The predicted octanol–water partition coefficient (Wildman–Crippen LogP) is 0.601. The number of rotatable bonds is 2. The number of aromatic nitrogens is 2. The van der Waals surface area contributed by atoms with E-state index in [-0.39, 0.29) is 18.4 Å². The second-order valence-electron chi connectivity index (χ2n) is 4.73. The summed E-state index contributed by atoms with van der Waals surface area (Å²) in [6, 6.07) is 7.54. The summed E-state index contributed by atoms with van der Waals surface area (Å²) in [6.07, 6.45) is 4.67. The Morgan fingerprint density at radius 1 is 1.29 bits per heavy atom. The molecule has 6 nitrogen and oxygen atoms in total. The maximum atomic E-state index is 12.0. The third-order valence-corrected chi connectivity index (χ3v) is 3.21. The highest BCUT2D eigenvalue weighted by Gasteiger charge is 2.18. The summed E-state index contributed by atoms with van der Waals surface area (Å²) in [6.45, 7) is 1.12. The predicted molar refractivity (Wildman–Crippen MR) is 78.2 cm³/mol. The molecule has 0 radical (unpaired) electrons. The zero-order chi connectivity index (χ0) is 14.7. The molecule has 0 saturated carbocycles. The number of nitrogens with zero attached hydrogens (tertiary/aromatic N) is 3. The van der Waals surface area contributed by atoms with Crippen molar-refractivity contribution >= 4 is 28.9 Å². The first kappa shape index (κ1) is 13.2. The summed E-state index contributed by atoms with van der Waals surface area (Å²) in [7, 11) is 0. The fourth-order valence-corrected chi connectivity index (χ4v) is 2.14. The number of amides is 2. The summed E-state index contributed by atoms with van der Waals surface area (Å²) >= 11 is 0. The molecular weight excluding hydrogens is 268 g/mol. The number of hydrogen-bond acceptors (Lipinski definition) is 4. The first-order valence-electron chi connectivity index (χ1n) is 6.68. The zero-order valence-corrected chi connectivity index (χ0v) is 11.3. The molecule has 0 atom stereocenters. The average molecular weight is 282 g/mol. The molecular formula is C15H14N4O2. The van der Waals surface area contributed by atoms with Gasteiger partial charge in [0.2, 0.25) is 11.8 Å². The minimum Gasteiger partial charge on any atom is -0.353 e. The summed E-state index contributed by atoms with van der Waals surface area (Å²) in [5, 5.41) is 2.68. The topological polar surface area (TPSA) is 75.2 Å². The van der Waals surface area contributed by atoms with E-state index in [0.29, 0.717) is 18.8 Å². The molecule has 106 valence electrons. The number of nitrogens with one attached hydrogen (secondary N) is 1. The van der Waals surface area contributed by atoms with Gasteiger partial charge in [-0.1, -0.05) is 12.1 Å². The standard InChI is InChI=1S/C15H14N4O2/c20-14-10-19(8-7-16-14)15(21)6-5-11-9-17-12-3-1-2-4-13(12)18-11/h1-6,9H,7-8,10H2,(H,16,20). The largest absolute Gasteiger partial charge is 0.353 e. The third kappa shape index (κ3) is 3.05. The quantitative estimate of drug-likeness (QED) is 0.819. The molecule has 1 aromatic carbocycles. The Morgan fingerprint density at radius 2 is 2.10 bits per heavy atom. The average Bonchev–Trinajstić information content (AvgIpc) is 2.52. The number of fused-ring (bicyclic) bond motifs is 1. The number of carbonyl (C=O) groups excluding carboxylic acids is 2. The maximum absolute atomic E-state index is 12.0. The zero-order valence-electron chi connectivity index (χ0n) is 11.3. The van der Waals surface area contributed by atoms with Crippen LogP contribution >= 0.6 is 0 Å². The summed E-state index contributed by atoms with van der Waals surface area (Å²) in [4.78, 5) is 33.4. The van der Waals surface area contributed by atoms with Gasteiger partial charge in [-0.15, -0.1) is 0 Å². The van der Waals surface area contributed by atoms with Crippen LogP contribution in [0, 0.1) is 0 Å². The lowest BCUT2D eigenvalue weighted by Gasteiger charge is -2.25. The van der Waals surface area contributed by atoms with Crippen molar-refractivity contribution < 1.29 is 9.59 Å². The van der Waals surface area contributed by atoms with E-state index in [1.165, 1.54) is 11.0 Å². The Hall–Kier alpha value is -2.76. The Morgan fingerprint density at radius 3 is 2.90 bits per heavy atom. The van der Waals surface area contributed by atoms with Crippen LogP contribution in [-0.4, -0.2) is 46.3 Å². The lowest BCUT2D eigenvalue weighted by molar-refractivity contribution is -0.134. The van der Waals surface area contributed by atoms with Crippen LogP contribution < -0.4 is 5.32 Å². The van der Waals surface area contributed by atoms with Crippen LogP contribution in [0.3, 0.4) is 0 Å². The van der Waals surface area contributed by atoms with Gasteiger partial charge in [0.05, 0.1) is 29.5 Å². The van der Waals surface area contributed by atoms with E-state index >= 15 is 0 Å². The minimum absolute atomic E-state index is 0.104. The van der Waals surface area contributed by atoms with E-state index in [0.717, 1.165) is 11.0 Å². The van der Waals surface area contributed by atoms with E-state index in [9.17, 15) is 9.59 Å². The van der Waals surface area contributed by atoms with Gasteiger partial charge in [0.15, 0.2) is 0 Å². The van der Waals surface area contributed by atoms with Crippen LogP contribution in [0.1, 0.15) is 5.69 Å². The van der Waals surface area contributed by atoms with Crippen molar-refractivity contribution in [1.29, 1.82) is 0 Å². The molecule has 1 fully saturated rings. The lowest BCUT2D eigenvalue weighted by atomic mass is 10.3. The SMILES string of the molecule is O=C1CN(C(=O)C=Cc2cnc3ccccc3n2)CCN1. The van der Waals surface area contributed by atoms with Crippen molar-refractivity contribution in [2.24, 2.45) is 0 Å². The van der Waals surface area contributed by atoms with Gasteiger partial charge in [-0.2, -0.15) is 0 Å². The second kappa shape index (κ2) is 5.70. The van der Waals surface area contributed by atoms with Gasteiger partial charge >= 0.3 is 0 Å². The fourth-order valence-electron chi connectivity index (χ4n) is 2.14. The molecule has 21 heavy (non-hydrogen) atoms. The number of hydrogen-bond donors (Lipinski definition) is 1. The molecule has 0 aliphatic carbocycles. The number of para-hydroxylation sites is 2. The number of benzene rings is 1. The minimum atomic E-state index is -0.195. The first-order chi connectivity index (χ1) is 10.2. The summed E-state index contributed by atoms with van der Waals surface area (Å²) in [5.41, 5.74) is 2.21. The van der Waals surface area contributed by atoms with Crippen LogP contribution in [0.15, 0.2) is 36.5 Å². The van der Waals surface area contributed by atoms with Gasteiger partial charge in [-0.3, -0.25) is 14.6 Å². The molecule has 6 heteroatoms. The van der Waals surface area contributed by atoms with Crippen molar-refractivity contribution in [2.45, 2.75) is 0 Å². The Kier molecular flexibility index (Phi) is 3.59. The van der Waals surface area contributed by atoms with Crippen LogP contribution in [-0.2, 0) is 9.59 Å². The highest BCUT2D eigenvalue weighted by atomic mass is 16.2. The van der Waals surface area contributed by atoms with E-state index < -0.39 is 0 Å². The van der Waals surface area contributed by atoms with Crippen molar-refractivity contribution in [2.75, 3.05) is 19.6 Å². The molecule has 1 aliphatic heterocycles. The maximum Gasteiger partial charge on any atom is 0.247 e. The molecule has 1 aliphatic rings. The molecule has 1 aromatic heterocycles. The highest BCUT2D eigenvalue weighted by molar-refractivity contribution is 5.94. The summed E-state index contributed by atoms with van der Waals surface area (Å²) in [5.74, 6) is -0.326.